The Balaban J connectivity index is 3.10. The van der Waals surface area contributed by atoms with Crippen molar-refractivity contribution in [2.45, 2.75) is 6.92 Å². The van der Waals surface area contributed by atoms with Crippen LogP contribution < -0.4 is 16.6 Å². The van der Waals surface area contributed by atoms with Crippen LogP contribution >= 0.6 is 0 Å². The van der Waals surface area contributed by atoms with Crippen molar-refractivity contribution in [2.75, 3.05) is 11.9 Å². The third-order valence-corrected chi connectivity index (χ3v) is 2.16. The molecule has 0 saturated heterocycles. The van der Waals surface area contributed by atoms with Gasteiger partial charge in [0.05, 0.1) is 0 Å². The Morgan fingerprint density at radius 2 is 2.00 bits per heavy atom. The minimum Gasteiger partial charge on any atom is -0.368 e. The maximum absolute atomic E-state index is 11.5. The highest BCUT2D eigenvalue weighted by molar-refractivity contribution is 5.34. The first-order chi connectivity index (χ1) is 7.07. The van der Waals surface area contributed by atoms with Crippen LogP contribution in [-0.4, -0.2) is 15.7 Å². The molecular formula is C10H15N3O2. The van der Waals surface area contributed by atoms with Crippen LogP contribution in [0.3, 0.4) is 0 Å². The van der Waals surface area contributed by atoms with Gasteiger partial charge in [0.1, 0.15) is 5.82 Å². The maximum atomic E-state index is 11.5. The van der Waals surface area contributed by atoms with Gasteiger partial charge in [-0.05, 0) is 6.92 Å². The normalized spacial score (nSPS) is 10.9. The van der Waals surface area contributed by atoms with Gasteiger partial charge in [0.25, 0.3) is 5.56 Å². The molecule has 5 heteroatoms. The van der Waals surface area contributed by atoms with E-state index in [0.29, 0.717) is 12.4 Å². The van der Waals surface area contributed by atoms with Gasteiger partial charge in [0.15, 0.2) is 0 Å². The lowest BCUT2D eigenvalue weighted by atomic mass is 10.5. The number of aromatic nitrogens is 2. The van der Waals surface area contributed by atoms with Gasteiger partial charge in [0, 0.05) is 26.7 Å². The van der Waals surface area contributed by atoms with E-state index >= 15 is 0 Å². The second-order valence-corrected chi connectivity index (χ2v) is 3.22. The van der Waals surface area contributed by atoms with Crippen molar-refractivity contribution in [1.82, 2.24) is 9.13 Å². The first-order valence-corrected chi connectivity index (χ1v) is 4.70. The molecule has 0 unspecified atom stereocenters. The second kappa shape index (κ2) is 4.63. The highest BCUT2D eigenvalue weighted by Crippen LogP contribution is 1.96. The summed E-state index contributed by atoms with van der Waals surface area (Å²) < 4.78 is 2.48. The van der Waals surface area contributed by atoms with Crippen LogP contribution in [0.25, 0.3) is 0 Å². The summed E-state index contributed by atoms with van der Waals surface area (Å²) in [6.45, 7) is 2.50. The number of anilines is 1. The zero-order chi connectivity index (χ0) is 11.4. The Hall–Kier alpha value is -1.78. The van der Waals surface area contributed by atoms with E-state index in [4.69, 9.17) is 0 Å². The quantitative estimate of drug-likeness (QED) is 0.717. The molecule has 1 N–H and O–H groups in total. The van der Waals surface area contributed by atoms with Crippen molar-refractivity contribution >= 4 is 5.82 Å². The van der Waals surface area contributed by atoms with Gasteiger partial charge in [-0.25, -0.2) is 4.79 Å². The average Bonchev–Trinajstić information content (AvgIpc) is 2.23. The summed E-state index contributed by atoms with van der Waals surface area (Å²) in [6, 6.07) is 1.41. The number of allylic oxidation sites excluding steroid dienone is 1. The van der Waals surface area contributed by atoms with E-state index < -0.39 is 0 Å². The summed E-state index contributed by atoms with van der Waals surface area (Å²) in [7, 11) is 3.08. The van der Waals surface area contributed by atoms with Crippen LogP contribution in [0.15, 0.2) is 27.8 Å². The third kappa shape index (κ3) is 2.37. The van der Waals surface area contributed by atoms with E-state index in [1.54, 1.807) is 7.05 Å². The van der Waals surface area contributed by atoms with E-state index in [1.807, 2.05) is 19.1 Å². The van der Waals surface area contributed by atoms with Crippen LogP contribution in [0.4, 0.5) is 5.82 Å². The number of rotatable bonds is 3. The molecule has 0 amide bonds. The molecule has 0 bridgehead atoms. The van der Waals surface area contributed by atoms with Crippen molar-refractivity contribution < 1.29 is 0 Å². The number of nitrogens with zero attached hydrogens (tertiary/aromatic N) is 2. The molecule has 1 aromatic heterocycles. The van der Waals surface area contributed by atoms with Gasteiger partial charge in [-0.15, -0.1) is 0 Å². The zero-order valence-corrected chi connectivity index (χ0v) is 9.15. The van der Waals surface area contributed by atoms with Crippen molar-refractivity contribution in [1.29, 1.82) is 0 Å². The SMILES string of the molecule is C/C=C/CNc1cc(=O)n(C)c(=O)n1C. The molecular weight excluding hydrogens is 194 g/mol. The fraction of sp³-hybridized carbons (Fsp3) is 0.400. The molecule has 0 spiro atoms. The molecule has 5 nitrogen and oxygen atoms in total. The Bertz CT molecular complexity index is 482. The van der Waals surface area contributed by atoms with Gasteiger partial charge in [-0.2, -0.15) is 0 Å². The number of nitrogens with one attached hydrogen (secondary N) is 1. The first-order valence-electron chi connectivity index (χ1n) is 4.70. The predicted octanol–water partition coefficient (Wildman–Crippen LogP) is 0.0720. The summed E-state index contributed by atoms with van der Waals surface area (Å²) >= 11 is 0. The molecule has 0 fully saturated rings. The fourth-order valence-corrected chi connectivity index (χ4v) is 1.18. The summed E-state index contributed by atoms with van der Waals surface area (Å²) in [5.74, 6) is 0.529. The minimum atomic E-state index is -0.328. The number of hydrogen-bond donors (Lipinski definition) is 1. The summed E-state index contributed by atoms with van der Waals surface area (Å²) in [4.78, 5) is 22.8. The van der Waals surface area contributed by atoms with E-state index in [-0.39, 0.29) is 11.2 Å². The standard InChI is InChI=1S/C10H15N3O2/c1-4-5-6-11-8-7-9(14)13(3)10(15)12(8)2/h4-5,7,11H,6H2,1-3H3/b5-4+. The average molecular weight is 209 g/mol. The number of hydrogen-bond acceptors (Lipinski definition) is 3. The lowest BCUT2D eigenvalue weighted by molar-refractivity contribution is 0.690. The van der Waals surface area contributed by atoms with Crippen molar-refractivity contribution in [3.05, 3.63) is 39.1 Å². The molecule has 15 heavy (non-hydrogen) atoms. The molecule has 0 aliphatic carbocycles. The fourth-order valence-electron chi connectivity index (χ4n) is 1.18. The highest BCUT2D eigenvalue weighted by atomic mass is 16.2. The molecule has 82 valence electrons. The van der Waals surface area contributed by atoms with Crippen LogP contribution in [0, 0.1) is 0 Å². The smallest absolute Gasteiger partial charge is 0.332 e. The van der Waals surface area contributed by atoms with E-state index in [1.165, 1.54) is 17.7 Å². The molecule has 0 aromatic carbocycles. The van der Waals surface area contributed by atoms with Crippen molar-refractivity contribution in [3.8, 4) is 0 Å². The third-order valence-electron chi connectivity index (χ3n) is 2.16. The molecule has 1 rings (SSSR count). The second-order valence-electron chi connectivity index (χ2n) is 3.22. The predicted molar refractivity (Wildman–Crippen MR) is 60.2 cm³/mol. The molecule has 0 aliphatic heterocycles. The topological polar surface area (TPSA) is 56.0 Å². The van der Waals surface area contributed by atoms with E-state index in [2.05, 4.69) is 5.32 Å². The largest absolute Gasteiger partial charge is 0.368 e. The summed E-state index contributed by atoms with van der Waals surface area (Å²) in [5.41, 5.74) is -0.633. The Labute approximate surface area is 87.7 Å². The zero-order valence-electron chi connectivity index (χ0n) is 9.15. The van der Waals surface area contributed by atoms with E-state index in [0.717, 1.165) is 4.57 Å². The minimum absolute atomic E-state index is 0.305. The molecule has 0 saturated carbocycles. The lowest BCUT2D eigenvalue weighted by Gasteiger charge is -2.09. The van der Waals surface area contributed by atoms with E-state index in [9.17, 15) is 9.59 Å². The van der Waals surface area contributed by atoms with Gasteiger partial charge in [-0.3, -0.25) is 13.9 Å². The molecule has 1 heterocycles. The summed E-state index contributed by atoms with van der Waals surface area (Å²) in [6.07, 6.45) is 3.80. The van der Waals surface area contributed by atoms with Gasteiger partial charge in [-0.1, -0.05) is 12.2 Å². The lowest BCUT2D eigenvalue weighted by Crippen LogP contribution is -2.37. The summed E-state index contributed by atoms with van der Waals surface area (Å²) in [5, 5.41) is 2.99. The highest BCUT2D eigenvalue weighted by Gasteiger charge is 2.03. The first kappa shape index (κ1) is 11.3. The van der Waals surface area contributed by atoms with Gasteiger partial charge < -0.3 is 5.32 Å². The monoisotopic (exact) mass is 209 g/mol. The Morgan fingerprint density at radius 3 is 2.60 bits per heavy atom. The van der Waals surface area contributed by atoms with Gasteiger partial charge in [0.2, 0.25) is 0 Å². The van der Waals surface area contributed by atoms with Crippen LogP contribution in [0.2, 0.25) is 0 Å². The molecule has 1 aromatic rings. The van der Waals surface area contributed by atoms with Crippen molar-refractivity contribution in [2.24, 2.45) is 14.1 Å². The Kier molecular flexibility index (Phi) is 3.49. The van der Waals surface area contributed by atoms with Gasteiger partial charge >= 0.3 is 5.69 Å². The maximum Gasteiger partial charge on any atom is 0.332 e. The molecule has 0 atom stereocenters. The molecule has 0 aliphatic rings. The van der Waals surface area contributed by atoms with Crippen LogP contribution in [-0.2, 0) is 14.1 Å². The van der Waals surface area contributed by atoms with Crippen molar-refractivity contribution in [3.63, 3.8) is 0 Å². The Morgan fingerprint density at radius 1 is 1.33 bits per heavy atom. The molecule has 0 radical (unpaired) electrons. The van der Waals surface area contributed by atoms with Crippen LogP contribution in [0.5, 0.6) is 0 Å². The van der Waals surface area contributed by atoms with Crippen LogP contribution in [0.1, 0.15) is 6.92 Å².